The summed E-state index contributed by atoms with van der Waals surface area (Å²) in [7, 11) is 0. The Morgan fingerprint density at radius 2 is 1.94 bits per heavy atom. The van der Waals surface area contributed by atoms with Gasteiger partial charge in [-0.25, -0.2) is 0 Å². The predicted molar refractivity (Wildman–Crippen MR) is 66.3 cm³/mol. The van der Waals surface area contributed by atoms with Crippen LogP contribution < -0.4 is 5.32 Å². The van der Waals surface area contributed by atoms with Crippen LogP contribution in [-0.4, -0.2) is 18.9 Å². The zero-order chi connectivity index (χ0) is 11.4. The molecule has 0 saturated heterocycles. The lowest BCUT2D eigenvalue weighted by Crippen LogP contribution is -2.34. The molecule has 2 aliphatic rings. The first kappa shape index (κ1) is 12.1. The van der Waals surface area contributed by atoms with E-state index in [4.69, 9.17) is 0 Å². The first-order chi connectivity index (χ1) is 7.81. The molecule has 2 fully saturated rings. The van der Waals surface area contributed by atoms with Crippen molar-refractivity contribution >= 4 is 5.78 Å². The van der Waals surface area contributed by atoms with E-state index in [-0.39, 0.29) is 0 Å². The fourth-order valence-electron chi connectivity index (χ4n) is 2.97. The van der Waals surface area contributed by atoms with Gasteiger partial charge in [-0.05, 0) is 44.1 Å². The Labute approximate surface area is 99.2 Å². The van der Waals surface area contributed by atoms with Gasteiger partial charge in [0.2, 0.25) is 0 Å². The van der Waals surface area contributed by atoms with Crippen molar-refractivity contribution in [3.63, 3.8) is 0 Å². The summed E-state index contributed by atoms with van der Waals surface area (Å²) < 4.78 is 0. The molecule has 0 spiro atoms. The van der Waals surface area contributed by atoms with Crippen LogP contribution in [0.1, 0.15) is 51.9 Å². The van der Waals surface area contributed by atoms with Gasteiger partial charge in [0, 0.05) is 5.92 Å². The van der Waals surface area contributed by atoms with Crippen LogP contribution >= 0.6 is 0 Å². The summed E-state index contributed by atoms with van der Waals surface area (Å²) in [6, 6.07) is 0. The Balaban J connectivity index is 1.72. The highest BCUT2D eigenvalue weighted by Gasteiger charge is 2.29. The van der Waals surface area contributed by atoms with Crippen LogP contribution in [0, 0.1) is 17.8 Å². The van der Waals surface area contributed by atoms with Crippen LogP contribution in [0.5, 0.6) is 0 Å². The lowest BCUT2D eigenvalue weighted by atomic mass is 9.75. The van der Waals surface area contributed by atoms with Gasteiger partial charge in [-0.2, -0.15) is 0 Å². The van der Waals surface area contributed by atoms with E-state index in [1.165, 1.54) is 38.5 Å². The Bertz CT molecular complexity index is 235. The summed E-state index contributed by atoms with van der Waals surface area (Å²) in [4.78, 5) is 12.1. The van der Waals surface area contributed by atoms with Gasteiger partial charge >= 0.3 is 0 Å². The maximum Gasteiger partial charge on any atom is 0.149 e. The van der Waals surface area contributed by atoms with E-state index in [0.717, 1.165) is 18.9 Å². The molecule has 0 amide bonds. The number of nitrogens with one attached hydrogen (secondary N) is 1. The highest BCUT2D eigenvalue weighted by atomic mass is 16.1. The molecule has 0 radical (unpaired) electrons. The molecule has 0 aromatic carbocycles. The summed E-state index contributed by atoms with van der Waals surface area (Å²) in [5.41, 5.74) is 0. The maximum atomic E-state index is 12.1. The minimum Gasteiger partial charge on any atom is -0.310 e. The van der Waals surface area contributed by atoms with Crippen LogP contribution in [-0.2, 0) is 4.79 Å². The third-order valence-corrected chi connectivity index (χ3v) is 4.28. The van der Waals surface area contributed by atoms with Crippen molar-refractivity contribution in [2.24, 2.45) is 17.8 Å². The quantitative estimate of drug-likeness (QED) is 0.750. The van der Waals surface area contributed by atoms with E-state index >= 15 is 0 Å². The molecule has 2 heteroatoms. The molecule has 0 aliphatic heterocycles. The molecular weight excluding hydrogens is 198 g/mol. The number of ketones is 1. The van der Waals surface area contributed by atoms with Crippen LogP contribution in [0.3, 0.4) is 0 Å². The van der Waals surface area contributed by atoms with Gasteiger partial charge in [-0.1, -0.05) is 26.2 Å². The fourth-order valence-corrected chi connectivity index (χ4v) is 2.97. The second-order valence-electron chi connectivity index (χ2n) is 5.60. The molecule has 0 aromatic heterocycles. The van der Waals surface area contributed by atoms with Crippen molar-refractivity contribution in [1.82, 2.24) is 5.32 Å². The molecular formula is C14H25NO. The van der Waals surface area contributed by atoms with Crippen molar-refractivity contribution in [2.75, 3.05) is 13.1 Å². The molecule has 1 N–H and O–H groups in total. The van der Waals surface area contributed by atoms with Crippen molar-refractivity contribution in [1.29, 1.82) is 0 Å². The van der Waals surface area contributed by atoms with Gasteiger partial charge in [0.25, 0.3) is 0 Å². The zero-order valence-electron chi connectivity index (χ0n) is 10.5. The lowest BCUT2D eigenvalue weighted by Gasteiger charge is -2.29. The fraction of sp³-hybridized carbons (Fsp3) is 0.929. The molecule has 2 atom stereocenters. The summed E-state index contributed by atoms with van der Waals surface area (Å²) in [5.74, 6) is 2.39. The van der Waals surface area contributed by atoms with E-state index in [1.807, 2.05) is 0 Å². The third-order valence-electron chi connectivity index (χ3n) is 4.28. The molecule has 2 aliphatic carbocycles. The average molecular weight is 223 g/mol. The minimum absolute atomic E-state index is 0.366. The molecule has 2 saturated carbocycles. The Morgan fingerprint density at radius 1 is 1.19 bits per heavy atom. The van der Waals surface area contributed by atoms with Crippen molar-refractivity contribution in [3.05, 3.63) is 0 Å². The number of Topliss-reactive ketones (excluding diaryl/α,β-unsaturated/α-hetero) is 1. The summed E-state index contributed by atoms with van der Waals surface area (Å²) >= 11 is 0. The van der Waals surface area contributed by atoms with Crippen molar-refractivity contribution < 1.29 is 4.79 Å². The number of carbonyl (C=O) groups is 1. The van der Waals surface area contributed by atoms with E-state index in [0.29, 0.717) is 24.2 Å². The van der Waals surface area contributed by atoms with E-state index in [2.05, 4.69) is 12.2 Å². The van der Waals surface area contributed by atoms with Gasteiger partial charge in [-0.15, -0.1) is 0 Å². The topological polar surface area (TPSA) is 29.1 Å². The number of rotatable bonds is 6. The van der Waals surface area contributed by atoms with Crippen LogP contribution in [0.4, 0.5) is 0 Å². The highest BCUT2D eigenvalue weighted by molar-refractivity contribution is 5.83. The van der Waals surface area contributed by atoms with E-state index in [9.17, 15) is 4.79 Å². The minimum atomic E-state index is 0.366. The molecule has 92 valence electrons. The Kier molecular flexibility index (Phi) is 4.39. The molecule has 0 heterocycles. The number of hydrogen-bond acceptors (Lipinski definition) is 2. The average Bonchev–Trinajstić information content (AvgIpc) is 3.13. The zero-order valence-corrected chi connectivity index (χ0v) is 10.5. The van der Waals surface area contributed by atoms with Gasteiger partial charge < -0.3 is 5.32 Å². The molecule has 0 aromatic rings. The van der Waals surface area contributed by atoms with Crippen LogP contribution in [0.15, 0.2) is 0 Å². The highest BCUT2D eigenvalue weighted by Crippen LogP contribution is 2.32. The van der Waals surface area contributed by atoms with Crippen molar-refractivity contribution in [2.45, 2.75) is 51.9 Å². The first-order valence-electron chi connectivity index (χ1n) is 7.04. The molecule has 0 bridgehead atoms. The van der Waals surface area contributed by atoms with Crippen LogP contribution in [0.2, 0.25) is 0 Å². The molecule has 16 heavy (non-hydrogen) atoms. The number of hydrogen-bond donors (Lipinski definition) is 1. The summed E-state index contributed by atoms with van der Waals surface area (Å²) in [6.45, 7) is 3.92. The lowest BCUT2D eigenvalue weighted by molar-refractivity contribution is -0.124. The van der Waals surface area contributed by atoms with Gasteiger partial charge in [0.05, 0.1) is 6.54 Å². The maximum absolute atomic E-state index is 12.1. The van der Waals surface area contributed by atoms with E-state index in [1.54, 1.807) is 0 Å². The van der Waals surface area contributed by atoms with Crippen LogP contribution in [0.25, 0.3) is 0 Å². The van der Waals surface area contributed by atoms with Gasteiger partial charge in [0.15, 0.2) is 0 Å². The first-order valence-corrected chi connectivity index (χ1v) is 7.04. The SMILES string of the molecule is CCC1CCCCC1C(=O)CNCC1CC1. The second kappa shape index (κ2) is 5.81. The molecule has 2 unspecified atom stereocenters. The Hall–Kier alpha value is -0.370. The monoisotopic (exact) mass is 223 g/mol. The van der Waals surface area contributed by atoms with E-state index < -0.39 is 0 Å². The molecule has 2 nitrogen and oxygen atoms in total. The largest absolute Gasteiger partial charge is 0.310 e. The molecule has 2 rings (SSSR count). The van der Waals surface area contributed by atoms with Gasteiger partial charge in [-0.3, -0.25) is 4.79 Å². The second-order valence-corrected chi connectivity index (χ2v) is 5.60. The third kappa shape index (κ3) is 3.31. The predicted octanol–water partition coefficient (Wildman–Crippen LogP) is 2.77. The Morgan fingerprint density at radius 3 is 2.62 bits per heavy atom. The smallest absolute Gasteiger partial charge is 0.149 e. The number of carbonyl (C=O) groups excluding carboxylic acids is 1. The van der Waals surface area contributed by atoms with Crippen molar-refractivity contribution in [3.8, 4) is 0 Å². The summed E-state index contributed by atoms with van der Waals surface area (Å²) in [5, 5.41) is 3.34. The normalized spacial score (nSPS) is 30.3. The summed E-state index contributed by atoms with van der Waals surface area (Å²) in [6.07, 6.45) is 8.91. The van der Waals surface area contributed by atoms with Gasteiger partial charge in [0.1, 0.15) is 5.78 Å². The standard InChI is InChI=1S/C14H25NO/c1-2-12-5-3-4-6-13(12)14(16)10-15-9-11-7-8-11/h11-13,15H,2-10H2,1H3.